The van der Waals surface area contributed by atoms with Crippen molar-refractivity contribution in [2.24, 2.45) is 11.8 Å². The highest BCUT2D eigenvalue weighted by atomic mass is 19.1. The summed E-state index contributed by atoms with van der Waals surface area (Å²) in [5, 5.41) is 2.61. The van der Waals surface area contributed by atoms with E-state index >= 15 is 0 Å². The van der Waals surface area contributed by atoms with Crippen LogP contribution in [0, 0.1) is 17.7 Å². The van der Waals surface area contributed by atoms with Gasteiger partial charge in [0.25, 0.3) is 0 Å². The first kappa shape index (κ1) is 17.1. The number of imide groups is 1. The van der Waals surface area contributed by atoms with E-state index in [1.165, 1.54) is 30.2 Å². The predicted molar refractivity (Wildman–Crippen MR) is 88.3 cm³/mol. The molecule has 0 unspecified atom stereocenters. The van der Waals surface area contributed by atoms with Gasteiger partial charge in [0, 0.05) is 19.0 Å². The Morgan fingerprint density at radius 2 is 1.88 bits per heavy atom. The van der Waals surface area contributed by atoms with Gasteiger partial charge < -0.3 is 10.1 Å². The number of carbonyl (C=O) groups is 3. The zero-order chi connectivity index (χ0) is 18.0. The van der Waals surface area contributed by atoms with Crippen molar-refractivity contribution in [2.75, 3.05) is 19.0 Å². The van der Waals surface area contributed by atoms with Gasteiger partial charge in [0.05, 0.1) is 24.6 Å². The number of anilines is 1. The zero-order valence-corrected chi connectivity index (χ0v) is 13.8. The van der Waals surface area contributed by atoms with Gasteiger partial charge in [0.15, 0.2) is 0 Å². The fourth-order valence-corrected chi connectivity index (χ4v) is 3.28. The molecular formula is C18H19FN2O4. The Morgan fingerprint density at radius 3 is 2.48 bits per heavy atom. The number of ether oxygens (including phenoxy) is 1. The van der Waals surface area contributed by atoms with Crippen molar-refractivity contribution in [1.29, 1.82) is 0 Å². The van der Waals surface area contributed by atoms with E-state index in [1.807, 2.05) is 12.2 Å². The lowest BCUT2D eigenvalue weighted by molar-refractivity contribution is -0.140. The lowest BCUT2D eigenvalue weighted by Crippen LogP contribution is -2.34. The SMILES string of the molecule is COc1cc(F)ccc1NC(=O)CCN1C(=O)[C@H]2CC=CC[C@@H]2C1=O. The molecule has 2 aliphatic rings. The van der Waals surface area contributed by atoms with Gasteiger partial charge in [-0.15, -0.1) is 0 Å². The van der Waals surface area contributed by atoms with E-state index in [2.05, 4.69) is 5.32 Å². The molecule has 132 valence electrons. The first-order chi connectivity index (χ1) is 12.0. The predicted octanol–water partition coefficient (Wildman–Crippen LogP) is 2.11. The molecule has 6 nitrogen and oxygen atoms in total. The highest BCUT2D eigenvalue weighted by molar-refractivity contribution is 6.05. The number of nitrogens with zero attached hydrogens (tertiary/aromatic N) is 1. The molecule has 1 fully saturated rings. The number of carbonyl (C=O) groups excluding carboxylic acids is 3. The molecule has 1 heterocycles. The number of nitrogens with one attached hydrogen (secondary N) is 1. The van der Waals surface area contributed by atoms with Gasteiger partial charge in [0.1, 0.15) is 11.6 Å². The van der Waals surface area contributed by atoms with E-state index < -0.39 is 5.82 Å². The fraction of sp³-hybridized carbons (Fsp3) is 0.389. The van der Waals surface area contributed by atoms with Crippen LogP contribution >= 0.6 is 0 Å². The summed E-state index contributed by atoms with van der Waals surface area (Å²) in [5.41, 5.74) is 0.339. The Hall–Kier alpha value is -2.70. The number of allylic oxidation sites excluding steroid dienone is 2. The van der Waals surface area contributed by atoms with E-state index in [1.54, 1.807) is 0 Å². The lowest BCUT2D eigenvalue weighted by Gasteiger charge is -2.15. The molecule has 1 aliphatic carbocycles. The Balaban J connectivity index is 1.60. The summed E-state index contributed by atoms with van der Waals surface area (Å²) >= 11 is 0. The summed E-state index contributed by atoms with van der Waals surface area (Å²) in [5.74, 6) is -1.63. The van der Waals surface area contributed by atoms with Gasteiger partial charge in [-0.3, -0.25) is 19.3 Å². The van der Waals surface area contributed by atoms with Crippen LogP contribution in [0.1, 0.15) is 19.3 Å². The molecule has 1 saturated heterocycles. The van der Waals surface area contributed by atoms with Crippen molar-refractivity contribution in [3.63, 3.8) is 0 Å². The van der Waals surface area contributed by atoms with E-state index in [-0.39, 0.29) is 48.3 Å². The number of likely N-dealkylation sites (tertiary alicyclic amines) is 1. The van der Waals surface area contributed by atoms with E-state index in [0.717, 1.165) is 0 Å². The van der Waals surface area contributed by atoms with E-state index in [0.29, 0.717) is 18.5 Å². The quantitative estimate of drug-likeness (QED) is 0.654. The highest BCUT2D eigenvalue weighted by Gasteiger charge is 2.46. The van der Waals surface area contributed by atoms with Crippen LogP contribution in [-0.2, 0) is 14.4 Å². The maximum Gasteiger partial charge on any atom is 0.233 e. The minimum Gasteiger partial charge on any atom is -0.494 e. The van der Waals surface area contributed by atoms with Gasteiger partial charge >= 0.3 is 0 Å². The number of amides is 3. The van der Waals surface area contributed by atoms with Crippen molar-refractivity contribution < 1.29 is 23.5 Å². The molecule has 3 rings (SSSR count). The molecule has 7 heteroatoms. The third-order valence-corrected chi connectivity index (χ3v) is 4.60. The minimum absolute atomic E-state index is 0.0229. The zero-order valence-electron chi connectivity index (χ0n) is 13.8. The molecule has 3 amide bonds. The molecule has 0 saturated carbocycles. The largest absolute Gasteiger partial charge is 0.494 e. The second-order valence-electron chi connectivity index (χ2n) is 6.13. The summed E-state index contributed by atoms with van der Waals surface area (Å²) < 4.78 is 18.2. The molecule has 0 bridgehead atoms. The number of hydrogen-bond donors (Lipinski definition) is 1. The van der Waals surface area contributed by atoms with Crippen molar-refractivity contribution in [2.45, 2.75) is 19.3 Å². The number of benzene rings is 1. The van der Waals surface area contributed by atoms with Gasteiger partial charge in [-0.25, -0.2) is 4.39 Å². The molecule has 1 N–H and O–H groups in total. The third-order valence-electron chi connectivity index (χ3n) is 4.60. The number of rotatable bonds is 5. The summed E-state index contributed by atoms with van der Waals surface area (Å²) in [6, 6.07) is 3.78. The summed E-state index contributed by atoms with van der Waals surface area (Å²) in [7, 11) is 1.38. The van der Waals surface area contributed by atoms with Crippen LogP contribution in [-0.4, -0.2) is 36.3 Å². The van der Waals surface area contributed by atoms with Crippen molar-refractivity contribution in [3.8, 4) is 5.75 Å². The van der Waals surface area contributed by atoms with Crippen molar-refractivity contribution >= 4 is 23.4 Å². The second kappa shape index (κ2) is 7.04. The third kappa shape index (κ3) is 3.40. The van der Waals surface area contributed by atoms with Crippen LogP contribution in [0.2, 0.25) is 0 Å². The summed E-state index contributed by atoms with van der Waals surface area (Å²) in [6.45, 7) is 0.0417. The molecule has 1 aromatic rings. The molecule has 0 radical (unpaired) electrons. The van der Waals surface area contributed by atoms with E-state index in [9.17, 15) is 18.8 Å². The van der Waals surface area contributed by atoms with Crippen LogP contribution in [0.3, 0.4) is 0 Å². The highest BCUT2D eigenvalue weighted by Crippen LogP contribution is 2.35. The van der Waals surface area contributed by atoms with Crippen molar-refractivity contribution in [1.82, 2.24) is 4.90 Å². The first-order valence-electron chi connectivity index (χ1n) is 8.15. The topological polar surface area (TPSA) is 75.7 Å². The number of fused-ring (bicyclic) bond motifs is 1. The Labute approximate surface area is 144 Å². The van der Waals surface area contributed by atoms with Crippen LogP contribution in [0.4, 0.5) is 10.1 Å². The molecule has 0 aromatic heterocycles. The number of methoxy groups -OCH3 is 1. The Kier molecular flexibility index (Phi) is 4.83. The molecule has 0 spiro atoms. The van der Waals surface area contributed by atoms with Crippen LogP contribution in [0.25, 0.3) is 0 Å². The first-order valence-corrected chi connectivity index (χ1v) is 8.15. The van der Waals surface area contributed by atoms with E-state index in [4.69, 9.17) is 4.74 Å². The standard InChI is InChI=1S/C18H19FN2O4/c1-25-15-10-11(19)6-7-14(15)20-16(22)8-9-21-17(23)12-4-2-3-5-13(12)18(21)24/h2-3,6-7,10,12-13H,4-5,8-9H2,1H3,(H,20,22)/t12-,13-/m0/s1. The Bertz CT molecular complexity index is 721. The second-order valence-corrected chi connectivity index (χ2v) is 6.13. The van der Waals surface area contributed by atoms with Gasteiger partial charge in [-0.05, 0) is 25.0 Å². The average molecular weight is 346 g/mol. The molecular weight excluding hydrogens is 327 g/mol. The number of halogens is 1. The van der Waals surface area contributed by atoms with Crippen LogP contribution < -0.4 is 10.1 Å². The smallest absolute Gasteiger partial charge is 0.233 e. The van der Waals surface area contributed by atoms with Gasteiger partial charge in [0.2, 0.25) is 17.7 Å². The molecule has 1 aliphatic heterocycles. The summed E-state index contributed by atoms with van der Waals surface area (Å²) in [6.07, 6.45) is 4.97. The average Bonchev–Trinajstić information content (AvgIpc) is 2.86. The van der Waals surface area contributed by atoms with Crippen LogP contribution in [0.5, 0.6) is 5.75 Å². The van der Waals surface area contributed by atoms with Crippen LogP contribution in [0.15, 0.2) is 30.4 Å². The number of hydrogen-bond acceptors (Lipinski definition) is 4. The molecule has 25 heavy (non-hydrogen) atoms. The van der Waals surface area contributed by atoms with Gasteiger partial charge in [-0.1, -0.05) is 12.2 Å². The lowest BCUT2D eigenvalue weighted by atomic mass is 9.85. The normalized spacial score (nSPS) is 22.1. The van der Waals surface area contributed by atoms with Gasteiger partial charge in [-0.2, -0.15) is 0 Å². The minimum atomic E-state index is -0.473. The van der Waals surface area contributed by atoms with Crippen molar-refractivity contribution in [3.05, 3.63) is 36.2 Å². The fourth-order valence-electron chi connectivity index (χ4n) is 3.28. The molecule has 2 atom stereocenters. The monoisotopic (exact) mass is 346 g/mol. The maximum absolute atomic E-state index is 13.2. The summed E-state index contributed by atoms with van der Waals surface area (Å²) in [4.78, 5) is 38.0. The Morgan fingerprint density at radius 1 is 1.24 bits per heavy atom. The molecule has 1 aromatic carbocycles. The maximum atomic E-state index is 13.2.